The predicted molar refractivity (Wildman–Crippen MR) is 78.3 cm³/mol. The summed E-state index contributed by atoms with van der Waals surface area (Å²) in [6.07, 6.45) is 3.51. The van der Waals surface area contributed by atoms with Crippen LogP contribution in [-0.2, 0) is 4.74 Å². The molecule has 0 aliphatic heterocycles. The van der Waals surface area contributed by atoms with Gasteiger partial charge in [-0.3, -0.25) is 4.98 Å². The molecule has 2 aromatic rings. The van der Waals surface area contributed by atoms with Crippen LogP contribution in [0.2, 0.25) is 0 Å². The molecule has 0 bridgehead atoms. The van der Waals surface area contributed by atoms with Gasteiger partial charge < -0.3 is 4.74 Å². The topological polar surface area (TPSA) is 39.2 Å². The molecule has 0 amide bonds. The Morgan fingerprint density at radius 1 is 1.28 bits per heavy atom. The van der Waals surface area contributed by atoms with E-state index in [4.69, 9.17) is 4.74 Å². The minimum absolute atomic E-state index is 0.281. The fraction of sp³-hybridized carbons (Fsp3) is 0.143. The number of hydrogen-bond acceptors (Lipinski definition) is 3. The lowest BCUT2D eigenvalue weighted by atomic mass is 10.1. The van der Waals surface area contributed by atoms with Gasteiger partial charge in [0.25, 0.3) is 0 Å². The Labute approximate surface area is 119 Å². The molecule has 0 fully saturated rings. The summed E-state index contributed by atoms with van der Waals surface area (Å²) < 4.78 is 5.99. The van der Waals surface area contributed by atoms with Crippen LogP contribution >= 0.6 is 22.6 Å². The quantitative estimate of drug-likeness (QED) is 0.626. The van der Waals surface area contributed by atoms with Crippen LogP contribution in [0.4, 0.5) is 0 Å². The first-order valence-electron chi connectivity index (χ1n) is 5.59. The summed E-state index contributed by atoms with van der Waals surface area (Å²) in [5.74, 6) is -0.281. The zero-order valence-corrected chi connectivity index (χ0v) is 12.0. The third-order valence-electron chi connectivity index (χ3n) is 2.47. The number of pyridine rings is 1. The van der Waals surface area contributed by atoms with Crippen molar-refractivity contribution in [3.05, 3.63) is 51.9 Å². The first-order chi connectivity index (χ1) is 8.72. The van der Waals surface area contributed by atoms with Crippen molar-refractivity contribution < 1.29 is 9.53 Å². The normalized spacial score (nSPS) is 10.1. The highest BCUT2D eigenvalue weighted by molar-refractivity contribution is 14.1. The van der Waals surface area contributed by atoms with Crippen LogP contribution in [0.5, 0.6) is 0 Å². The smallest absolute Gasteiger partial charge is 0.338 e. The predicted octanol–water partition coefficient (Wildman–Crippen LogP) is 3.53. The van der Waals surface area contributed by atoms with Crippen LogP contribution in [0, 0.1) is 3.57 Å². The first-order valence-corrected chi connectivity index (χ1v) is 6.67. The van der Waals surface area contributed by atoms with Gasteiger partial charge in [-0.25, -0.2) is 4.79 Å². The maximum Gasteiger partial charge on any atom is 0.338 e. The summed E-state index contributed by atoms with van der Waals surface area (Å²) in [6.45, 7) is 2.19. The maximum absolute atomic E-state index is 11.6. The molecular weight excluding hydrogens is 341 g/mol. The summed E-state index contributed by atoms with van der Waals surface area (Å²) in [7, 11) is 0. The van der Waals surface area contributed by atoms with E-state index >= 15 is 0 Å². The van der Waals surface area contributed by atoms with Gasteiger partial charge in [-0.1, -0.05) is 6.07 Å². The van der Waals surface area contributed by atoms with E-state index in [0.717, 1.165) is 14.7 Å². The Balaban J connectivity index is 2.34. The number of ether oxygens (including phenoxy) is 1. The van der Waals surface area contributed by atoms with Gasteiger partial charge in [0.15, 0.2) is 0 Å². The second-order valence-electron chi connectivity index (χ2n) is 3.65. The molecule has 0 spiro atoms. The van der Waals surface area contributed by atoms with Crippen LogP contribution in [0.1, 0.15) is 17.3 Å². The van der Waals surface area contributed by atoms with Gasteiger partial charge in [-0.05, 0) is 64.9 Å². The fourth-order valence-electron chi connectivity index (χ4n) is 1.62. The molecule has 1 aromatic carbocycles. The summed E-state index contributed by atoms with van der Waals surface area (Å²) in [5.41, 5.74) is 2.76. The standard InChI is InChI=1S/C14H12INO2/c1-2-18-14(17)11-3-4-12(13(15)9-11)10-5-7-16-8-6-10/h3-9H,2H2,1H3. The molecule has 1 heterocycles. The van der Waals surface area contributed by atoms with Crippen molar-refractivity contribution >= 4 is 28.6 Å². The highest BCUT2D eigenvalue weighted by Crippen LogP contribution is 2.25. The monoisotopic (exact) mass is 353 g/mol. The van der Waals surface area contributed by atoms with Gasteiger partial charge in [0.2, 0.25) is 0 Å². The van der Waals surface area contributed by atoms with Gasteiger partial charge >= 0.3 is 5.97 Å². The number of hydrogen-bond donors (Lipinski definition) is 0. The van der Waals surface area contributed by atoms with Crippen LogP contribution < -0.4 is 0 Å². The van der Waals surface area contributed by atoms with Gasteiger partial charge in [0.1, 0.15) is 0 Å². The molecule has 0 radical (unpaired) electrons. The van der Waals surface area contributed by atoms with E-state index in [1.54, 1.807) is 25.4 Å². The van der Waals surface area contributed by atoms with E-state index in [1.807, 2.05) is 24.3 Å². The van der Waals surface area contributed by atoms with Crippen LogP contribution in [0.3, 0.4) is 0 Å². The van der Waals surface area contributed by atoms with Crippen molar-refractivity contribution in [3.63, 3.8) is 0 Å². The number of carbonyl (C=O) groups excluding carboxylic acids is 1. The average Bonchev–Trinajstić information content (AvgIpc) is 2.40. The molecule has 0 N–H and O–H groups in total. The van der Waals surface area contributed by atoms with Crippen LogP contribution in [-0.4, -0.2) is 17.6 Å². The minimum atomic E-state index is -0.281. The summed E-state index contributed by atoms with van der Waals surface area (Å²) in [4.78, 5) is 15.6. The molecule has 92 valence electrons. The molecule has 0 atom stereocenters. The highest BCUT2D eigenvalue weighted by Gasteiger charge is 2.09. The Kier molecular flexibility index (Phi) is 4.30. The number of nitrogens with zero attached hydrogens (tertiary/aromatic N) is 1. The highest BCUT2D eigenvalue weighted by atomic mass is 127. The van der Waals surface area contributed by atoms with E-state index in [9.17, 15) is 4.79 Å². The fourth-order valence-corrected chi connectivity index (χ4v) is 2.45. The van der Waals surface area contributed by atoms with Gasteiger partial charge in [-0.2, -0.15) is 0 Å². The summed E-state index contributed by atoms with van der Waals surface area (Å²) >= 11 is 2.22. The van der Waals surface area contributed by atoms with E-state index in [2.05, 4.69) is 27.6 Å². The zero-order valence-electron chi connectivity index (χ0n) is 9.89. The van der Waals surface area contributed by atoms with E-state index in [1.165, 1.54) is 0 Å². The number of benzene rings is 1. The summed E-state index contributed by atoms with van der Waals surface area (Å²) in [6, 6.07) is 9.46. The molecule has 0 aliphatic rings. The Bertz CT molecular complexity index is 555. The molecule has 0 saturated carbocycles. The third kappa shape index (κ3) is 2.87. The molecule has 0 aliphatic carbocycles. The average molecular weight is 353 g/mol. The van der Waals surface area contributed by atoms with Crippen molar-refractivity contribution in [1.82, 2.24) is 4.98 Å². The first kappa shape index (κ1) is 13.0. The molecule has 18 heavy (non-hydrogen) atoms. The van der Waals surface area contributed by atoms with E-state index in [0.29, 0.717) is 12.2 Å². The maximum atomic E-state index is 11.6. The Hall–Kier alpha value is -1.43. The molecule has 0 unspecified atom stereocenters. The van der Waals surface area contributed by atoms with Crippen molar-refractivity contribution in [3.8, 4) is 11.1 Å². The summed E-state index contributed by atoms with van der Waals surface area (Å²) in [5, 5.41) is 0. The van der Waals surface area contributed by atoms with E-state index < -0.39 is 0 Å². The van der Waals surface area contributed by atoms with Gasteiger partial charge in [0, 0.05) is 16.0 Å². The van der Waals surface area contributed by atoms with Crippen molar-refractivity contribution in [2.24, 2.45) is 0 Å². The zero-order chi connectivity index (χ0) is 13.0. The van der Waals surface area contributed by atoms with Gasteiger partial charge in [0.05, 0.1) is 12.2 Å². The van der Waals surface area contributed by atoms with Crippen molar-refractivity contribution in [2.75, 3.05) is 6.61 Å². The van der Waals surface area contributed by atoms with Crippen LogP contribution in [0.25, 0.3) is 11.1 Å². The van der Waals surface area contributed by atoms with Crippen molar-refractivity contribution in [1.29, 1.82) is 0 Å². The largest absolute Gasteiger partial charge is 0.462 e. The SMILES string of the molecule is CCOC(=O)c1ccc(-c2ccncc2)c(I)c1. The minimum Gasteiger partial charge on any atom is -0.462 e. The lowest BCUT2D eigenvalue weighted by molar-refractivity contribution is 0.0526. The molecule has 2 rings (SSSR count). The number of rotatable bonds is 3. The molecule has 4 heteroatoms. The number of carbonyl (C=O) groups is 1. The second kappa shape index (κ2) is 5.95. The Morgan fingerprint density at radius 3 is 2.61 bits per heavy atom. The number of halogens is 1. The van der Waals surface area contributed by atoms with E-state index in [-0.39, 0.29) is 5.97 Å². The molecule has 0 saturated heterocycles. The molecule has 3 nitrogen and oxygen atoms in total. The Morgan fingerprint density at radius 2 is 2.00 bits per heavy atom. The van der Waals surface area contributed by atoms with Crippen molar-refractivity contribution in [2.45, 2.75) is 6.92 Å². The number of esters is 1. The van der Waals surface area contributed by atoms with Gasteiger partial charge in [-0.15, -0.1) is 0 Å². The number of aromatic nitrogens is 1. The molecule has 1 aromatic heterocycles. The molecular formula is C14H12INO2. The second-order valence-corrected chi connectivity index (χ2v) is 4.81. The third-order valence-corrected chi connectivity index (χ3v) is 3.36. The van der Waals surface area contributed by atoms with Crippen LogP contribution in [0.15, 0.2) is 42.7 Å². The lowest BCUT2D eigenvalue weighted by Crippen LogP contribution is -2.04. The lowest BCUT2D eigenvalue weighted by Gasteiger charge is -2.07.